The summed E-state index contributed by atoms with van der Waals surface area (Å²) < 4.78 is 5.21. The van der Waals surface area contributed by atoms with Gasteiger partial charge >= 0.3 is 5.97 Å². The molecule has 1 heterocycles. The molecular formula is C16H17NO3. The number of rotatable bonds is 4. The number of esters is 1. The fraction of sp³-hybridized carbons (Fsp3) is 0.312. The highest BCUT2D eigenvalue weighted by atomic mass is 16.5. The molecule has 0 bridgehead atoms. The van der Waals surface area contributed by atoms with Gasteiger partial charge in [0.2, 0.25) is 0 Å². The first kappa shape index (κ1) is 14.2. The van der Waals surface area contributed by atoms with E-state index in [-0.39, 0.29) is 5.78 Å². The molecule has 0 unspecified atom stereocenters. The molecule has 0 fully saturated rings. The van der Waals surface area contributed by atoms with Crippen molar-refractivity contribution in [3.8, 4) is 0 Å². The zero-order valence-electron chi connectivity index (χ0n) is 11.9. The molecule has 0 saturated carbocycles. The minimum Gasteiger partial charge on any atom is -0.462 e. The number of pyridine rings is 1. The first-order chi connectivity index (χ1) is 9.56. The Bertz CT molecular complexity index is 677. The quantitative estimate of drug-likeness (QED) is 0.632. The Hall–Kier alpha value is -2.23. The van der Waals surface area contributed by atoms with Gasteiger partial charge in [-0.25, -0.2) is 4.79 Å². The van der Waals surface area contributed by atoms with Crippen LogP contribution in [0.1, 0.15) is 46.7 Å². The summed E-state index contributed by atoms with van der Waals surface area (Å²) in [6.07, 6.45) is 0.739. The van der Waals surface area contributed by atoms with E-state index in [4.69, 9.17) is 4.74 Å². The number of fused-ring (bicyclic) bond motifs is 1. The van der Waals surface area contributed by atoms with Gasteiger partial charge in [0.05, 0.1) is 23.3 Å². The Morgan fingerprint density at radius 3 is 2.55 bits per heavy atom. The highest BCUT2D eigenvalue weighted by molar-refractivity contribution is 6.13. The Kier molecular flexibility index (Phi) is 4.13. The largest absolute Gasteiger partial charge is 0.462 e. The number of para-hydroxylation sites is 1. The van der Waals surface area contributed by atoms with Gasteiger partial charge in [-0.15, -0.1) is 0 Å². The molecular weight excluding hydrogens is 254 g/mol. The molecule has 0 N–H and O–H groups in total. The van der Waals surface area contributed by atoms with E-state index in [1.165, 1.54) is 6.92 Å². The number of Topliss-reactive ketones (excluding diaryl/α,β-unsaturated/α-hetero) is 1. The summed E-state index contributed by atoms with van der Waals surface area (Å²) in [6.45, 7) is 5.44. The third-order valence-electron chi connectivity index (χ3n) is 3.07. The lowest BCUT2D eigenvalue weighted by atomic mass is 9.98. The predicted octanol–water partition coefficient (Wildman–Crippen LogP) is 3.31. The van der Waals surface area contributed by atoms with Crippen LogP contribution >= 0.6 is 0 Å². The zero-order chi connectivity index (χ0) is 14.7. The van der Waals surface area contributed by atoms with E-state index >= 15 is 0 Å². The molecule has 20 heavy (non-hydrogen) atoms. The fourth-order valence-corrected chi connectivity index (χ4v) is 2.24. The highest BCUT2D eigenvalue weighted by Crippen LogP contribution is 2.24. The topological polar surface area (TPSA) is 56.3 Å². The molecule has 2 aromatic rings. The van der Waals surface area contributed by atoms with Crippen LogP contribution < -0.4 is 0 Å². The number of hydrogen-bond donors (Lipinski definition) is 0. The van der Waals surface area contributed by atoms with Crippen LogP contribution in [0.4, 0.5) is 0 Å². The molecule has 2 rings (SSSR count). The van der Waals surface area contributed by atoms with E-state index in [1.807, 2.05) is 25.1 Å². The molecule has 0 atom stereocenters. The maximum absolute atomic E-state index is 12.3. The van der Waals surface area contributed by atoms with E-state index in [9.17, 15) is 9.59 Å². The number of aryl methyl sites for hydroxylation is 1. The van der Waals surface area contributed by atoms with Crippen molar-refractivity contribution in [2.24, 2.45) is 0 Å². The first-order valence-electron chi connectivity index (χ1n) is 6.63. The van der Waals surface area contributed by atoms with Crippen LogP contribution in [0.3, 0.4) is 0 Å². The number of ether oxygens (including phenoxy) is 1. The summed E-state index contributed by atoms with van der Waals surface area (Å²) in [6, 6.07) is 7.28. The van der Waals surface area contributed by atoms with Gasteiger partial charge in [-0.05, 0) is 26.3 Å². The number of hydrogen-bond acceptors (Lipinski definition) is 4. The predicted molar refractivity (Wildman–Crippen MR) is 77.1 cm³/mol. The Morgan fingerprint density at radius 1 is 1.20 bits per heavy atom. The second-order valence-corrected chi connectivity index (χ2v) is 4.66. The number of nitrogens with zero attached hydrogens (tertiary/aromatic N) is 1. The molecule has 104 valence electrons. The standard InChI is InChI=1S/C16H17NO3/c1-4-9-20-16(19)15-12-7-5-6-8-13(12)17-10(2)14(15)11(3)18/h5-8H,4,9H2,1-3H3. The van der Waals surface area contributed by atoms with Gasteiger partial charge < -0.3 is 4.74 Å². The number of carbonyl (C=O) groups is 2. The van der Waals surface area contributed by atoms with E-state index in [0.717, 1.165) is 6.42 Å². The van der Waals surface area contributed by atoms with E-state index in [2.05, 4.69) is 4.98 Å². The molecule has 0 radical (unpaired) electrons. The first-order valence-corrected chi connectivity index (χ1v) is 6.63. The number of benzene rings is 1. The smallest absolute Gasteiger partial charge is 0.339 e. The summed E-state index contributed by atoms with van der Waals surface area (Å²) in [5.41, 5.74) is 1.93. The Labute approximate surface area is 117 Å². The van der Waals surface area contributed by atoms with Crippen molar-refractivity contribution in [2.75, 3.05) is 6.61 Å². The van der Waals surface area contributed by atoms with Crippen LogP contribution in [0.15, 0.2) is 24.3 Å². The molecule has 0 aliphatic rings. The number of carbonyl (C=O) groups excluding carboxylic acids is 2. The fourth-order valence-electron chi connectivity index (χ4n) is 2.24. The van der Waals surface area contributed by atoms with Crippen molar-refractivity contribution in [1.29, 1.82) is 0 Å². The van der Waals surface area contributed by atoms with Crippen molar-refractivity contribution in [1.82, 2.24) is 4.98 Å². The number of ketones is 1. The molecule has 4 nitrogen and oxygen atoms in total. The lowest BCUT2D eigenvalue weighted by molar-refractivity contribution is 0.0504. The summed E-state index contributed by atoms with van der Waals surface area (Å²) in [7, 11) is 0. The van der Waals surface area contributed by atoms with E-state index < -0.39 is 5.97 Å². The van der Waals surface area contributed by atoms with Gasteiger partial charge in [0, 0.05) is 11.1 Å². The van der Waals surface area contributed by atoms with Crippen LogP contribution in [-0.4, -0.2) is 23.3 Å². The SMILES string of the molecule is CCCOC(=O)c1c(C(C)=O)c(C)nc2ccccc12. The zero-order valence-corrected chi connectivity index (χ0v) is 11.9. The monoisotopic (exact) mass is 271 g/mol. The molecule has 1 aromatic heterocycles. The highest BCUT2D eigenvalue weighted by Gasteiger charge is 2.22. The second-order valence-electron chi connectivity index (χ2n) is 4.66. The number of aromatic nitrogens is 1. The van der Waals surface area contributed by atoms with Gasteiger partial charge in [0.25, 0.3) is 0 Å². The van der Waals surface area contributed by atoms with Crippen LogP contribution in [-0.2, 0) is 4.74 Å². The summed E-state index contributed by atoms with van der Waals surface area (Å²) in [4.78, 5) is 28.5. The van der Waals surface area contributed by atoms with Crippen LogP contribution in [0.2, 0.25) is 0 Å². The molecule has 0 aliphatic carbocycles. The maximum atomic E-state index is 12.3. The van der Waals surface area contributed by atoms with Crippen LogP contribution in [0.25, 0.3) is 10.9 Å². The normalized spacial score (nSPS) is 10.6. The molecule has 4 heteroatoms. The molecule has 0 spiro atoms. The van der Waals surface area contributed by atoms with Crippen molar-refractivity contribution < 1.29 is 14.3 Å². The molecule has 0 saturated heterocycles. The molecule has 0 amide bonds. The summed E-state index contributed by atoms with van der Waals surface area (Å²) >= 11 is 0. The summed E-state index contributed by atoms with van der Waals surface area (Å²) in [5.74, 6) is -0.636. The van der Waals surface area contributed by atoms with Gasteiger partial charge in [-0.1, -0.05) is 25.1 Å². The van der Waals surface area contributed by atoms with Crippen LogP contribution in [0, 0.1) is 6.92 Å². The third-order valence-corrected chi connectivity index (χ3v) is 3.07. The van der Waals surface area contributed by atoms with Gasteiger partial charge in [-0.2, -0.15) is 0 Å². The van der Waals surface area contributed by atoms with E-state index in [1.54, 1.807) is 13.0 Å². The minimum absolute atomic E-state index is 0.177. The van der Waals surface area contributed by atoms with Crippen molar-refractivity contribution in [2.45, 2.75) is 27.2 Å². The lowest BCUT2D eigenvalue weighted by Crippen LogP contribution is -2.14. The maximum Gasteiger partial charge on any atom is 0.339 e. The van der Waals surface area contributed by atoms with E-state index in [0.29, 0.717) is 34.3 Å². The van der Waals surface area contributed by atoms with Crippen LogP contribution in [0.5, 0.6) is 0 Å². The molecule has 1 aromatic carbocycles. The average molecular weight is 271 g/mol. The lowest BCUT2D eigenvalue weighted by Gasteiger charge is -2.12. The van der Waals surface area contributed by atoms with Gasteiger partial charge in [-0.3, -0.25) is 9.78 Å². The second kappa shape index (κ2) is 5.82. The van der Waals surface area contributed by atoms with Gasteiger partial charge in [0.1, 0.15) is 0 Å². The Morgan fingerprint density at radius 2 is 1.90 bits per heavy atom. The Balaban J connectivity index is 2.72. The van der Waals surface area contributed by atoms with Crippen molar-refractivity contribution >= 4 is 22.7 Å². The summed E-state index contributed by atoms with van der Waals surface area (Å²) in [5, 5.41) is 0.657. The van der Waals surface area contributed by atoms with Crippen molar-refractivity contribution in [3.05, 3.63) is 41.1 Å². The minimum atomic E-state index is -0.459. The molecule has 0 aliphatic heterocycles. The van der Waals surface area contributed by atoms with Crippen molar-refractivity contribution in [3.63, 3.8) is 0 Å². The van der Waals surface area contributed by atoms with Gasteiger partial charge in [0.15, 0.2) is 5.78 Å². The average Bonchev–Trinajstić information content (AvgIpc) is 2.42. The third kappa shape index (κ3) is 2.54.